The van der Waals surface area contributed by atoms with Crippen molar-refractivity contribution < 1.29 is 4.42 Å². The third-order valence-corrected chi connectivity index (χ3v) is 3.69. The molecule has 0 aliphatic rings. The zero-order valence-corrected chi connectivity index (χ0v) is 13.9. The molecular formula is C19H20N4O. The van der Waals surface area contributed by atoms with Crippen molar-refractivity contribution in [3.8, 4) is 12.3 Å². The van der Waals surface area contributed by atoms with Gasteiger partial charge in [-0.15, -0.1) is 6.42 Å². The summed E-state index contributed by atoms with van der Waals surface area (Å²) in [7, 11) is 3.97. The van der Waals surface area contributed by atoms with Gasteiger partial charge < -0.3 is 9.32 Å². The van der Waals surface area contributed by atoms with Crippen molar-refractivity contribution in [3.05, 3.63) is 54.2 Å². The first kappa shape index (κ1) is 16.0. The lowest BCUT2D eigenvalue weighted by molar-refractivity contribution is 0.258. The van der Waals surface area contributed by atoms with E-state index in [1.165, 1.54) is 0 Å². The van der Waals surface area contributed by atoms with Gasteiger partial charge in [0.25, 0.3) is 0 Å². The fourth-order valence-corrected chi connectivity index (χ4v) is 2.64. The van der Waals surface area contributed by atoms with E-state index in [1.807, 2.05) is 55.4 Å². The quantitative estimate of drug-likeness (QED) is 0.654. The molecule has 0 atom stereocenters. The highest BCUT2D eigenvalue weighted by atomic mass is 16.3. The summed E-state index contributed by atoms with van der Waals surface area (Å²) < 4.78 is 5.42. The van der Waals surface area contributed by atoms with Crippen LogP contribution in [0.4, 0.5) is 5.82 Å². The number of benzene rings is 1. The number of anilines is 1. The van der Waals surface area contributed by atoms with Crippen molar-refractivity contribution >= 4 is 16.7 Å². The zero-order chi connectivity index (χ0) is 16.9. The highest BCUT2D eigenvalue weighted by molar-refractivity contribution is 5.89. The van der Waals surface area contributed by atoms with E-state index in [4.69, 9.17) is 20.8 Å². The maximum absolute atomic E-state index is 5.51. The summed E-state index contributed by atoms with van der Waals surface area (Å²) in [4.78, 5) is 13.5. The van der Waals surface area contributed by atoms with Gasteiger partial charge in [0.1, 0.15) is 17.4 Å². The number of rotatable bonds is 6. The molecule has 0 saturated carbocycles. The molecule has 3 aromatic rings. The van der Waals surface area contributed by atoms with Gasteiger partial charge in [-0.3, -0.25) is 4.90 Å². The third kappa shape index (κ3) is 3.55. The SMILES string of the molecule is C#CCN(Cc1nc(N(C)C)c2ccccc2n1)Cc1ccco1. The van der Waals surface area contributed by atoms with Gasteiger partial charge in [-0.05, 0) is 24.3 Å². The predicted octanol–water partition coefficient (Wildman–Crippen LogP) is 2.92. The maximum atomic E-state index is 5.51. The van der Waals surface area contributed by atoms with Crippen molar-refractivity contribution in [2.75, 3.05) is 25.5 Å². The molecule has 24 heavy (non-hydrogen) atoms. The van der Waals surface area contributed by atoms with Gasteiger partial charge >= 0.3 is 0 Å². The Morgan fingerprint density at radius 3 is 2.62 bits per heavy atom. The van der Waals surface area contributed by atoms with Gasteiger partial charge in [-0.25, -0.2) is 9.97 Å². The number of para-hydroxylation sites is 1. The number of hydrogen-bond donors (Lipinski definition) is 0. The van der Waals surface area contributed by atoms with Crippen molar-refractivity contribution in [1.82, 2.24) is 14.9 Å². The summed E-state index contributed by atoms with van der Waals surface area (Å²) in [5.74, 6) is 5.23. The molecule has 0 unspecified atom stereocenters. The second-order valence-corrected chi connectivity index (χ2v) is 5.80. The molecule has 3 rings (SSSR count). The van der Waals surface area contributed by atoms with Gasteiger partial charge in [0, 0.05) is 19.5 Å². The molecule has 0 radical (unpaired) electrons. The first-order chi connectivity index (χ1) is 11.7. The van der Waals surface area contributed by atoms with E-state index in [0.29, 0.717) is 19.6 Å². The van der Waals surface area contributed by atoms with E-state index in [1.54, 1.807) is 6.26 Å². The van der Waals surface area contributed by atoms with E-state index in [0.717, 1.165) is 28.3 Å². The Kier molecular flexibility index (Phi) is 4.78. The number of fused-ring (bicyclic) bond motifs is 1. The average molecular weight is 320 g/mol. The van der Waals surface area contributed by atoms with E-state index in [2.05, 4.69) is 10.8 Å². The van der Waals surface area contributed by atoms with Crippen LogP contribution in [0.15, 0.2) is 47.1 Å². The summed E-state index contributed by atoms with van der Waals surface area (Å²) in [5, 5.41) is 1.04. The number of hydrogen-bond acceptors (Lipinski definition) is 5. The minimum Gasteiger partial charge on any atom is -0.468 e. The summed E-state index contributed by atoms with van der Waals surface area (Å²) in [6.07, 6.45) is 7.18. The van der Waals surface area contributed by atoms with Crippen LogP contribution in [0.3, 0.4) is 0 Å². The lowest BCUT2D eigenvalue weighted by Crippen LogP contribution is -2.25. The second-order valence-electron chi connectivity index (χ2n) is 5.80. The molecule has 0 bridgehead atoms. The fourth-order valence-electron chi connectivity index (χ4n) is 2.64. The Labute approximate surface area is 141 Å². The molecule has 122 valence electrons. The summed E-state index contributed by atoms with van der Waals surface area (Å²) in [6.45, 7) is 1.70. The van der Waals surface area contributed by atoms with E-state index >= 15 is 0 Å². The van der Waals surface area contributed by atoms with Crippen LogP contribution in [-0.4, -0.2) is 35.5 Å². The minimum atomic E-state index is 0.508. The molecule has 2 aromatic heterocycles. The zero-order valence-electron chi connectivity index (χ0n) is 13.9. The van der Waals surface area contributed by atoms with Gasteiger partial charge in [0.2, 0.25) is 0 Å². The molecule has 5 nitrogen and oxygen atoms in total. The van der Waals surface area contributed by atoms with Crippen LogP contribution < -0.4 is 4.90 Å². The largest absolute Gasteiger partial charge is 0.468 e. The maximum Gasteiger partial charge on any atom is 0.145 e. The normalized spacial score (nSPS) is 10.9. The molecular weight excluding hydrogens is 300 g/mol. The Balaban J connectivity index is 1.91. The predicted molar refractivity (Wildman–Crippen MR) is 95.5 cm³/mol. The number of terminal acetylenes is 1. The lowest BCUT2D eigenvalue weighted by Gasteiger charge is -2.20. The first-order valence-corrected chi connectivity index (χ1v) is 7.78. The molecule has 1 aromatic carbocycles. The van der Waals surface area contributed by atoms with Crippen LogP contribution in [0.5, 0.6) is 0 Å². The smallest absolute Gasteiger partial charge is 0.145 e. The van der Waals surface area contributed by atoms with Gasteiger partial charge in [-0.1, -0.05) is 18.1 Å². The minimum absolute atomic E-state index is 0.508. The van der Waals surface area contributed by atoms with Crippen LogP contribution in [0.25, 0.3) is 10.9 Å². The Morgan fingerprint density at radius 2 is 1.92 bits per heavy atom. The lowest BCUT2D eigenvalue weighted by atomic mass is 10.2. The van der Waals surface area contributed by atoms with Crippen LogP contribution in [0.1, 0.15) is 11.6 Å². The average Bonchev–Trinajstić information content (AvgIpc) is 3.07. The van der Waals surface area contributed by atoms with Crippen LogP contribution in [-0.2, 0) is 13.1 Å². The van der Waals surface area contributed by atoms with Crippen LogP contribution >= 0.6 is 0 Å². The molecule has 0 fully saturated rings. The molecule has 0 spiro atoms. The van der Waals surface area contributed by atoms with Crippen molar-refractivity contribution in [3.63, 3.8) is 0 Å². The first-order valence-electron chi connectivity index (χ1n) is 7.78. The standard InChI is InChI=1S/C19H20N4O/c1-4-11-23(13-15-8-7-12-24-15)14-18-20-17-10-6-5-9-16(17)19(21-18)22(2)3/h1,5-10,12H,11,13-14H2,2-3H3. The fraction of sp³-hybridized carbons (Fsp3) is 0.263. The Hall–Kier alpha value is -2.84. The molecule has 2 heterocycles. The molecule has 0 amide bonds. The Bertz CT molecular complexity index is 849. The van der Waals surface area contributed by atoms with E-state index in [-0.39, 0.29) is 0 Å². The van der Waals surface area contributed by atoms with Crippen molar-refractivity contribution in [2.24, 2.45) is 0 Å². The van der Waals surface area contributed by atoms with Gasteiger partial charge in [0.15, 0.2) is 0 Å². The molecule has 5 heteroatoms. The molecule has 0 saturated heterocycles. The van der Waals surface area contributed by atoms with Gasteiger partial charge in [0.05, 0.1) is 31.4 Å². The van der Waals surface area contributed by atoms with E-state index in [9.17, 15) is 0 Å². The highest BCUT2D eigenvalue weighted by Gasteiger charge is 2.13. The van der Waals surface area contributed by atoms with Crippen molar-refractivity contribution in [1.29, 1.82) is 0 Å². The van der Waals surface area contributed by atoms with Gasteiger partial charge in [-0.2, -0.15) is 0 Å². The van der Waals surface area contributed by atoms with Crippen molar-refractivity contribution in [2.45, 2.75) is 13.1 Å². The summed E-state index contributed by atoms with van der Waals surface area (Å²) in [6, 6.07) is 11.8. The molecule has 0 aliphatic carbocycles. The monoisotopic (exact) mass is 320 g/mol. The topological polar surface area (TPSA) is 45.4 Å². The Morgan fingerprint density at radius 1 is 1.08 bits per heavy atom. The van der Waals surface area contributed by atoms with Crippen LogP contribution in [0, 0.1) is 12.3 Å². The number of nitrogens with zero attached hydrogens (tertiary/aromatic N) is 4. The second kappa shape index (κ2) is 7.16. The number of furan rings is 1. The summed E-state index contributed by atoms with van der Waals surface area (Å²) in [5.41, 5.74) is 0.935. The molecule has 0 N–H and O–H groups in total. The number of aromatic nitrogens is 2. The third-order valence-electron chi connectivity index (χ3n) is 3.69. The van der Waals surface area contributed by atoms with Crippen LogP contribution in [0.2, 0.25) is 0 Å². The van der Waals surface area contributed by atoms with E-state index < -0.39 is 0 Å². The molecule has 0 aliphatic heterocycles. The summed E-state index contributed by atoms with van der Waals surface area (Å²) >= 11 is 0. The highest BCUT2D eigenvalue weighted by Crippen LogP contribution is 2.22.